The third kappa shape index (κ3) is 2.95. The van der Waals surface area contributed by atoms with Crippen LogP contribution in [0, 0.1) is 11.8 Å². The molecule has 1 aliphatic rings. The van der Waals surface area contributed by atoms with Crippen molar-refractivity contribution in [3.63, 3.8) is 0 Å². The lowest BCUT2D eigenvalue weighted by Crippen LogP contribution is -2.49. The van der Waals surface area contributed by atoms with Crippen LogP contribution >= 0.6 is 0 Å². The van der Waals surface area contributed by atoms with Gasteiger partial charge in [0.2, 0.25) is 5.91 Å². The molecule has 3 N–H and O–H groups in total. The zero-order valence-electron chi connectivity index (χ0n) is 9.69. The predicted molar refractivity (Wildman–Crippen MR) is 57.8 cm³/mol. The van der Waals surface area contributed by atoms with E-state index >= 15 is 0 Å². The summed E-state index contributed by atoms with van der Waals surface area (Å²) in [5.41, 5.74) is -0.762. The summed E-state index contributed by atoms with van der Waals surface area (Å²) in [6.45, 7) is 3.31. The molecular weight excluding hydrogens is 210 g/mol. The summed E-state index contributed by atoms with van der Waals surface area (Å²) < 4.78 is 0. The van der Waals surface area contributed by atoms with E-state index in [1.54, 1.807) is 6.92 Å². The molecular formula is C11H19NO4. The molecule has 2 unspecified atom stereocenters. The third-order valence-corrected chi connectivity index (χ3v) is 3.43. The van der Waals surface area contributed by atoms with Crippen molar-refractivity contribution in [1.82, 2.24) is 5.32 Å². The first-order valence-corrected chi connectivity index (χ1v) is 5.59. The first kappa shape index (κ1) is 13.0. The molecule has 0 heterocycles. The second-order valence-corrected chi connectivity index (χ2v) is 4.71. The fourth-order valence-corrected chi connectivity index (χ4v) is 1.62. The lowest BCUT2D eigenvalue weighted by Gasteiger charge is -2.36. The van der Waals surface area contributed by atoms with Crippen LogP contribution in [0.25, 0.3) is 0 Å². The number of amides is 1. The van der Waals surface area contributed by atoms with Gasteiger partial charge < -0.3 is 15.5 Å². The minimum absolute atomic E-state index is 0.225. The van der Waals surface area contributed by atoms with Gasteiger partial charge in [0.15, 0.2) is 0 Å². The van der Waals surface area contributed by atoms with Gasteiger partial charge >= 0.3 is 5.97 Å². The maximum Gasteiger partial charge on any atom is 0.307 e. The van der Waals surface area contributed by atoms with Crippen molar-refractivity contribution >= 4 is 11.9 Å². The van der Waals surface area contributed by atoms with Crippen LogP contribution in [0.5, 0.6) is 0 Å². The monoisotopic (exact) mass is 229 g/mol. The topological polar surface area (TPSA) is 86.6 Å². The number of carbonyl (C=O) groups is 2. The summed E-state index contributed by atoms with van der Waals surface area (Å²) in [5, 5.41) is 21.1. The molecule has 5 nitrogen and oxygen atoms in total. The summed E-state index contributed by atoms with van der Waals surface area (Å²) >= 11 is 0. The number of hydrogen-bond donors (Lipinski definition) is 3. The molecule has 1 fully saturated rings. The van der Waals surface area contributed by atoms with E-state index in [1.165, 1.54) is 6.92 Å². The average molecular weight is 229 g/mol. The molecule has 1 aliphatic carbocycles. The zero-order chi connectivity index (χ0) is 12.3. The van der Waals surface area contributed by atoms with Crippen LogP contribution in [-0.2, 0) is 9.59 Å². The standard InChI is InChI=1S/C11H19NO4/c1-7(8(2)10(14)15)9(13)12-6-11(16)4-3-5-11/h7-8,16H,3-6H2,1-2H3,(H,12,13)(H,14,15). The van der Waals surface area contributed by atoms with Crippen molar-refractivity contribution in [2.24, 2.45) is 11.8 Å². The Morgan fingerprint density at radius 1 is 1.31 bits per heavy atom. The van der Waals surface area contributed by atoms with Crippen molar-refractivity contribution in [2.45, 2.75) is 38.7 Å². The van der Waals surface area contributed by atoms with E-state index in [9.17, 15) is 14.7 Å². The quantitative estimate of drug-likeness (QED) is 0.636. The van der Waals surface area contributed by atoms with Gasteiger partial charge in [-0.1, -0.05) is 13.8 Å². The van der Waals surface area contributed by atoms with Crippen LogP contribution in [0.15, 0.2) is 0 Å². The summed E-state index contributed by atoms with van der Waals surface area (Å²) in [7, 11) is 0. The van der Waals surface area contributed by atoms with Gasteiger partial charge in [-0.2, -0.15) is 0 Å². The predicted octanol–water partition coefficient (Wildman–Crippen LogP) is 0.374. The van der Waals surface area contributed by atoms with Crippen molar-refractivity contribution < 1.29 is 19.8 Å². The lowest BCUT2D eigenvalue weighted by atomic mass is 9.80. The van der Waals surface area contributed by atoms with E-state index in [2.05, 4.69) is 5.32 Å². The molecule has 16 heavy (non-hydrogen) atoms. The van der Waals surface area contributed by atoms with Gasteiger partial charge in [0.05, 0.1) is 11.5 Å². The number of carbonyl (C=O) groups excluding carboxylic acids is 1. The Balaban J connectivity index is 2.37. The number of hydrogen-bond acceptors (Lipinski definition) is 3. The third-order valence-electron chi connectivity index (χ3n) is 3.43. The summed E-state index contributed by atoms with van der Waals surface area (Å²) in [5.74, 6) is -2.59. The highest BCUT2D eigenvalue weighted by atomic mass is 16.4. The zero-order valence-corrected chi connectivity index (χ0v) is 9.69. The Morgan fingerprint density at radius 2 is 1.88 bits per heavy atom. The number of rotatable bonds is 5. The SMILES string of the molecule is CC(C(=O)O)C(C)C(=O)NCC1(O)CCC1. The summed E-state index contributed by atoms with van der Waals surface area (Å²) in [6.07, 6.45) is 2.39. The maximum absolute atomic E-state index is 11.6. The Bertz CT molecular complexity index is 286. The summed E-state index contributed by atoms with van der Waals surface area (Å²) in [6, 6.07) is 0. The number of carboxylic acids is 1. The van der Waals surface area contributed by atoms with Gasteiger partial charge in [-0.25, -0.2) is 0 Å². The fraction of sp³-hybridized carbons (Fsp3) is 0.818. The van der Waals surface area contributed by atoms with E-state index in [0.29, 0.717) is 12.8 Å². The smallest absolute Gasteiger partial charge is 0.307 e. The van der Waals surface area contributed by atoms with Gasteiger partial charge in [-0.15, -0.1) is 0 Å². The van der Waals surface area contributed by atoms with E-state index in [0.717, 1.165) is 6.42 Å². The summed E-state index contributed by atoms with van der Waals surface area (Å²) in [4.78, 5) is 22.3. The minimum Gasteiger partial charge on any atom is -0.481 e. The fourth-order valence-electron chi connectivity index (χ4n) is 1.62. The molecule has 0 saturated heterocycles. The maximum atomic E-state index is 11.6. The van der Waals surface area contributed by atoms with Gasteiger partial charge in [-0.3, -0.25) is 9.59 Å². The Morgan fingerprint density at radius 3 is 2.25 bits per heavy atom. The van der Waals surface area contributed by atoms with Crippen LogP contribution < -0.4 is 5.32 Å². The van der Waals surface area contributed by atoms with Gasteiger partial charge in [0, 0.05) is 12.5 Å². The molecule has 0 bridgehead atoms. The lowest BCUT2D eigenvalue weighted by molar-refractivity contribution is -0.146. The minimum atomic E-state index is -0.981. The van der Waals surface area contributed by atoms with E-state index in [1.807, 2.05) is 0 Å². The molecule has 1 rings (SSSR count). The molecule has 1 saturated carbocycles. The van der Waals surface area contributed by atoms with Crippen molar-refractivity contribution in [3.05, 3.63) is 0 Å². The molecule has 0 aromatic rings. The van der Waals surface area contributed by atoms with Crippen molar-refractivity contribution in [1.29, 1.82) is 0 Å². The molecule has 0 aliphatic heterocycles. The van der Waals surface area contributed by atoms with E-state index in [4.69, 9.17) is 5.11 Å². The Kier molecular flexibility index (Phi) is 3.91. The first-order chi connectivity index (χ1) is 7.36. The second kappa shape index (κ2) is 4.82. The van der Waals surface area contributed by atoms with Gasteiger partial charge in [-0.05, 0) is 19.3 Å². The van der Waals surface area contributed by atoms with E-state index < -0.39 is 23.4 Å². The van der Waals surface area contributed by atoms with Crippen molar-refractivity contribution in [2.75, 3.05) is 6.54 Å². The van der Waals surface area contributed by atoms with Crippen LogP contribution in [0.4, 0.5) is 0 Å². The first-order valence-electron chi connectivity index (χ1n) is 5.59. The van der Waals surface area contributed by atoms with Gasteiger partial charge in [0.25, 0.3) is 0 Å². The number of aliphatic carboxylic acids is 1. The molecule has 0 radical (unpaired) electrons. The van der Waals surface area contributed by atoms with Crippen molar-refractivity contribution in [3.8, 4) is 0 Å². The molecule has 2 atom stereocenters. The Labute approximate surface area is 94.8 Å². The van der Waals surface area contributed by atoms with Crippen LogP contribution in [0.3, 0.4) is 0 Å². The molecule has 0 spiro atoms. The normalized spacial score (nSPS) is 21.7. The Hall–Kier alpha value is -1.10. The molecule has 0 aromatic heterocycles. The average Bonchev–Trinajstić information content (AvgIpc) is 2.20. The van der Waals surface area contributed by atoms with Gasteiger partial charge in [0.1, 0.15) is 0 Å². The number of nitrogens with one attached hydrogen (secondary N) is 1. The number of aliphatic hydroxyl groups is 1. The highest BCUT2D eigenvalue weighted by molar-refractivity contribution is 5.84. The molecule has 92 valence electrons. The highest BCUT2D eigenvalue weighted by Crippen LogP contribution is 2.30. The van der Waals surface area contributed by atoms with Crippen LogP contribution in [-0.4, -0.2) is 34.2 Å². The molecule has 0 aromatic carbocycles. The van der Waals surface area contributed by atoms with Crippen LogP contribution in [0.1, 0.15) is 33.1 Å². The molecule has 5 heteroatoms. The van der Waals surface area contributed by atoms with E-state index in [-0.39, 0.29) is 12.5 Å². The van der Waals surface area contributed by atoms with Crippen LogP contribution in [0.2, 0.25) is 0 Å². The number of carboxylic acid groups (broad SMARTS) is 1. The molecule has 1 amide bonds. The highest BCUT2D eigenvalue weighted by Gasteiger charge is 2.35. The second-order valence-electron chi connectivity index (χ2n) is 4.71. The largest absolute Gasteiger partial charge is 0.481 e.